The predicted octanol–water partition coefficient (Wildman–Crippen LogP) is 3.76. The summed E-state index contributed by atoms with van der Waals surface area (Å²) in [4.78, 5) is 27.3. The number of nitrogens with one attached hydrogen (secondary N) is 1. The highest BCUT2D eigenvalue weighted by Crippen LogP contribution is 2.21. The summed E-state index contributed by atoms with van der Waals surface area (Å²) in [5.74, 6) is -0.979. The first-order chi connectivity index (χ1) is 12.0. The molecule has 0 aliphatic heterocycles. The number of aryl methyl sites for hydroxylation is 1. The van der Waals surface area contributed by atoms with Gasteiger partial charge in [-0.05, 0) is 31.1 Å². The molecule has 2 aromatic rings. The van der Waals surface area contributed by atoms with Gasteiger partial charge in [0.2, 0.25) is 5.78 Å². The number of methoxy groups -OCH3 is 1. The molecular weight excluding hydrogens is 316 g/mol. The molecule has 1 N–H and O–H groups in total. The summed E-state index contributed by atoms with van der Waals surface area (Å²) < 4.78 is 4.73. The molecular formula is C20H18N2O3. The van der Waals surface area contributed by atoms with Gasteiger partial charge in [0.05, 0.1) is 18.4 Å². The van der Waals surface area contributed by atoms with Crippen molar-refractivity contribution in [2.24, 2.45) is 0 Å². The first kappa shape index (κ1) is 18.0. The van der Waals surface area contributed by atoms with Crippen LogP contribution in [0.1, 0.15) is 37.7 Å². The average Bonchev–Trinajstić information content (AvgIpc) is 2.93. The molecule has 0 radical (unpaired) electrons. The number of ketones is 1. The highest BCUT2D eigenvalue weighted by atomic mass is 16.5. The second-order valence-electron chi connectivity index (χ2n) is 5.41. The van der Waals surface area contributed by atoms with Crippen LogP contribution in [0.2, 0.25) is 0 Å². The number of ether oxygens (including phenoxy) is 1. The Balaban J connectivity index is 2.32. The minimum atomic E-state index is -0.517. The lowest BCUT2D eigenvalue weighted by atomic mass is 10.0. The molecule has 0 bridgehead atoms. The van der Waals surface area contributed by atoms with Gasteiger partial charge in [-0.1, -0.05) is 42.5 Å². The molecule has 0 spiro atoms. The molecule has 25 heavy (non-hydrogen) atoms. The van der Waals surface area contributed by atoms with Crippen LogP contribution in [-0.2, 0) is 4.74 Å². The third-order valence-corrected chi connectivity index (χ3v) is 3.77. The number of H-pyrrole nitrogens is 1. The van der Waals surface area contributed by atoms with E-state index in [1.807, 2.05) is 36.4 Å². The smallest absolute Gasteiger partial charge is 0.339 e. The van der Waals surface area contributed by atoms with Crippen molar-refractivity contribution < 1.29 is 14.3 Å². The van der Waals surface area contributed by atoms with Crippen molar-refractivity contribution >= 4 is 17.8 Å². The number of hydrogen-bond acceptors (Lipinski definition) is 4. The van der Waals surface area contributed by atoms with Crippen LogP contribution < -0.4 is 0 Å². The largest absolute Gasteiger partial charge is 0.465 e. The molecule has 0 amide bonds. The predicted molar refractivity (Wildman–Crippen MR) is 95.1 cm³/mol. The fourth-order valence-corrected chi connectivity index (χ4v) is 2.50. The lowest BCUT2D eigenvalue weighted by Gasteiger charge is -2.00. The SMILES string of the molecule is COC(=O)c1c(C)[nH]c(C(=O)C(C#N)=C/C=C/c2ccccc2)c1C. The summed E-state index contributed by atoms with van der Waals surface area (Å²) >= 11 is 0. The minimum absolute atomic E-state index is 0.0204. The Morgan fingerprint density at radius 3 is 2.48 bits per heavy atom. The number of aromatic nitrogens is 1. The van der Waals surface area contributed by atoms with Crippen LogP contribution in [0.5, 0.6) is 0 Å². The third kappa shape index (κ3) is 3.93. The summed E-state index contributed by atoms with van der Waals surface area (Å²) in [7, 11) is 1.28. The van der Waals surface area contributed by atoms with Crippen molar-refractivity contribution in [2.75, 3.05) is 7.11 Å². The van der Waals surface area contributed by atoms with E-state index in [0.717, 1.165) is 5.56 Å². The van der Waals surface area contributed by atoms with Crippen LogP contribution in [-0.4, -0.2) is 23.8 Å². The highest BCUT2D eigenvalue weighted by Gasteiger charge is 2.24. The molecule has 5 nitrogen and oxygen atoms in total. The van der Waals surface area contributed by atoms with Gasteiger partial charge >= 0.3 is 5.97 Å². The van der Waals surface area contributed by atoms with E-state index in [9.17, 15) is 14.9 Å². The van der Waals surface area contributed by atoms with Gasteiger partial charge in [-0.15, -0.1) is 0 Å². The molecule has 0 aliphatic rings. The monoisotopic (exact) mass is 334 g/mol. The number of hydrogen-bond donors (Lipinski definition) is 1. The van der Waals surface area contributed by atoms with E-state index in [4.69, 9.17) is 4.74 Å². The fourth-order valence-electron chi connectivity index (χ4n) is 2.50. The van der Waals surface area contributed by atoms with Gasteiger partial charge in [-0.25, -0.2) is 4.79 Å². The van der Waals surface area contributed by atoms with Gasteiger partial charge < -0.3 is 9.72 Å². The number of aromatic amines is 1. The van der Waals surface area contributed by atoms with E-state index >= 15 is 0 Å². The number of allylic oxidation sites excluding steroid dienone is 3. The average molecular weight is 334 g/mol. The molecule has 1 aromatic carbocycles. The van der Waals surface area contributed by atoms with E-state index in [-0.39, 0.29) is 11.3 Å². The van der Waals surface area contributed by atoms with E-state index in [0.29, 0.717) is 16.8 Å². The summed E-state index contributed by atoms with van der Waals surface area (Å²) in [6.07, 6.45) is 4.91. The van der Waals surface area contributed by atoms with E-state index in [1.165, 1.54) is 13.2 Å². The molecule has 1 heterocycles. The third-order valence-electron chi connectivity index (χ3n) is 3.77. The maximum atomic E-state index is 12.6. The van der Waals surface area contributed by atoms with E-state index < -0.39 is 11.8 Å². The Morgan fingerprint density at radius 2 is 1.88 bits per heavy atom. The summed E-state index contributed by atoms with van der Waals surface area (Å²) in [5, 5.41) is 9.30. The van der Waals surface area contributed by atoms with Crippen molar-refractivity contribution in [3.8, 4) is 6.07 Å². The molecule has 126 valence electrons. The minimum Gasteiger partial charge on any atom is -0.465 e. The van der Waals surface area contributed by atoms with Crippen molar-refractivity contribution in [2.45, 2.75) is 13.8 Å². The van der Waals surface area contributed by atoms with Crippen molar-refractivity contribution in [1.82, 2.24) is 4.98 Å². The lowest BCUT2D eigenvalue weighted by molar-refractivity contribution is 0.0599. The van der Waals surface area contributed by atoms with Crippen LogP contribution in [0.4, 0.5) is 0 Å². The van der Waals surface area contributed by atoms with Crippen molar-refractivity contribution in [3.63, 3.8) is 0 Å². The van der Waals surface area contributed by atoms with E-state index in [1.54, 1.807) is 26.0 Å². The zero-order chi connectivity index (χ0) is 18.4. The molecule has 0 aliphatic carbocycles. The molecule has 0 unspecified atom stereocenters. The Morgan fingerprint density at radius 1 is 1.20 bits per heavy atom. The fraction of sp³-hybridized carbons (Fsp3) is 0.150. The summed E-state index contributed by atoms with van der Waals surface area (Å²) in [6, 6.07) is 11.5. The van der Waals surface area contributed by atoms with Gasteiger partial charge in [0.1, 0.15) is 11.6 Å². The van der Waals surface area contributed by atoms with Crippen LogP contribution in [0.3, 0.4) is 0 Å². The second kappa shape index (κ2) is 7.93. The summed E-state index contributed by atoms with van der Waals surface area (Å²) in [6.45, 7) is 3.33. The van der Waals surface area contributed by atoms with Gasteiger partial charge in [-0.3, -0.25) is 4.79 Å². The Hall–Kier alpha value is -3.39. The Kier molecular flexibility index (Phi) is 5.70. The standard InChI is InChI=1S/C20H18N2O3/c1-13-17(20(24)25-3)14(2)22-18(13)19(23)16(12-21)11-7-10-15-8-5-4-6-9-15/h4-11,22H,1-3H3/b10-7+,16-11?. The molecule has 0 atom stereocenters. The second-order valence-corrected chi connectivity index (χ2v) is 5.41. The number of Topliss-reactive ketones (excluding diaryl/α,β-unsaturated/α-hetero) is 1. The molecule has 0 fully saturated rings. The van der Waals surface area contributed by atoms with Gasteiger partial charge in [0.15, 0.2) is 0 Å². The zero-order valence-electron chi connectivity index (χ0n) is 14.3. The number of nitrogens with zero attached hydrogens (tertiary/aromatic N) is 1. The lowest BCUT2D eigenvalue weighted by Crippen LogP contribution is -2.06. The van der Waals surface area contributed by atoms with Crippen LogP contribution in [0, 0.1) is 25.2 Å². The maximum Gasteiger partial charge on any atom is 0.339 e. The van der Waals surface area contributed by atoms with Crippen molar-refractivity contribution in [1.29, 1.82) is 5.26 Å². The highest BCUT2D eigenvalue weighted by molar-refractivity contribution is 6.12. The first-order valence-corrected chi connectivity index (χ1v) is 7.65. The topological polar surface area (TPSA) is 83.0 Å². The number of rotatable bonds is 5. The number of esters is 1. The molecule has 1 aromatic heterocycles. The zero-order valence-corrected chi connectivity index (χ0v) is 14.3. The number of nitriles is 1. The normalized spacial score (nSPS) is 11.4. The van der Waals surface area contributed by atoms with Crippen molar-refractivity contribution in [3.05, 3.63) is 76.1 Å². The number of carbonyl (C=O) groups is 2. The van der Waals surface area contributed by atoms with Gasteiger partial charge in [0, 0.05) is 5.69 Å². The summed E-state index contributed by atoms with van der Waals surface area (Å²) in [5.41, 5.74) is 2.49. The Bertz CT molecular complexity index is 897. The van der Waals surface area contributed by atoms with Crippen LogP contribution >= 0.6 is 0 Å². The molecule has 0 saturated carbocycles. The van der Waals surface area contributed by atoms with Gasteiger partial charge in [-0.2, -0.15) is 5.26 Å². The Labute approximate surface area is 146 Å². The van der Waals surface area contributed by atoms with Crippen LogP contribution in [0.25, 0.3) is 6.08 Å². The number of benzene rings is 1. The molecule has 0 saturated heterocycles. The van der Waals surface area contributed by atoms with E-state index in [2.05, 4.69) is 4.98 Å². The van der Waals surface area contributed by atoms with Gasteiger partial charge in [0.25, 0.3) is 0 Å². The quantitative estimate of drug-likeness (QED) is 0.297. The first-order valence-electron chi connectivity index (χ1n) is 7.65. The maximum absolute atomic E-state index is 12.6. The number of carbonyl (C=O) groups excluding carboxylic acids is 2. The van der Waals surface area contributed by atoms with Crippen LogP contribution in [0.15, 0.2) is 48.1 Å². The molecule has 2 rings (SSSR count). The molecule has 5 heteroatoms.